The monoisotopic (exact) mass is 416 g/mol. The molecular weight excluding hydrogens is 400 g/mol. The van der Waals surface area contributed by atoms with Crippen LogP contribution >= 0.6 is 35.7 Å². The molecule has 4 rings (SSSR count). The van der Waals surface area contributed by atoms with E-state index in [1.165, 1.54) is 11.8 Å². The molecule has 0 aliphatic carbocycles. The van der Waals surface area contributed by atoms with Crippen molar-refractivity contribution in [3.63, 3.8) is 0 Å². The summed E-state index contributed by atoms with van der Waals surface area (Å²) in [7, 11) is 0. The Morgan fingerprint density at radius 2 is 1.25 bits per heavy atom. The summed E-state index contributed by atoms with van der Waals surface area (Å²) in [6.45, 7) is 0. The fraction of sp³-hybridized carbons (Fsp3) is 0. The van der Waals surface area contributed by atoms with Crippen LogP contribution in [0.5, 0.6) is 0 Å². The second-order valence-corrected chi connectivity index (χ2v) is 8.92. The molecule has 0 bridgehead atoms. The topological polar surface area (TPSA) is 17.1 Å². The van der Waals surface area contributed by atoms with Crippen LogP contribution in [0.1, 0.15) is 21.5 Å². The van der Waals surface area contributed by atoms with E-state index < -0.39 is 0 Å². The van der Waals surface area contributed by atoms with E-state index in [4.69, 9.17) is 12.2 Å². The Kier molecular flexibility index (Phi) is 5.91. The van der Waals surface area contributed by atoms with Gasteiger partial charge in [-0.2, -0.15) is 0 Å². The van der Waals surface area contributed by atoms with Crippen LogP contribution in [0.4, 0.5) is 0 Å². The zero-order valence-corrected chi connectivity index (χ0v) is 17.3. The molecule has 0 atom stereocenters. The van der Waals surface area contributed by atoms with Crippen molar-refractivity contribution in [3.8, 4) is 0 Å². The Morgan fingerprint density at radius 1 is 0.714 bits per heavy atom. The lowest BCUT2D eigenvalue weighted by Gasteiger charge is -2.05. The molecule has 0 aromatic heterocycles. The van der Waals surface area contributed by atoms with Gasteiger partial charge < -0.3 is 0 Å². The first kappa shape index (κ1) is 18.9. The van der Waals surface area contributed by atoms with Crippen molar-refractivity contribution in [2.24, 2.45) is 0 Å². The Morgan fingerprint density at radius 3 is 1.86 bits per heavy atom. The number of carbonyl (C=O) groups excluding carboxylic acids is 1. The van der Waals surface area contributed by atoms with E-state index in [9.17, 15) is 4.79 Å². The Hall–Kier alpha value is -2.40. The number of Topliss-reactive ketones (excluding diaryl/α,β-unsaturated/α-hetero) is 1. The molecule has 3 aromatic rings. The molecule has 0 unspecified atom stereocenters. The average molecular weight is 417 g/mol. The van der Waals surface area contributed by atoms with Gasteiger partial charge in [-0.3, -0.25) is 4.79 Å². The van der Waals surface area contributed by atoms with E-state index in [0.717, 1.165) is 30.0 Å². The van der Waals surface area contributed by atoms with Gasteiger partial charge in [0, 0.05) is 15.3 Å². The van der Waals surface area contributed by atoms with Gasteiger partial charge in [0.1, 0.15) is 0 Å². The summed E-state index contributed by atoms with van der Waals surface area (Å²) in [4.78, 5) is 15.7. The number of carbonyl (C=O) groups is 1. The highest BCUT2D eigenvalue weighted by atomic mass is 32.2. The number of allylic oxidation sites excluding steroid dienone is 2. The van der Waals surface area contributed by atoms with Gasteiger partial charge in [-0.05, 0) is 17.2 Å². The van der Waals surface area contributed by atoms with Crippen LogP contribution in [0.2, 0.25) is 0 Å². The van der Waals surface area contributed by atoms with Crippen LogP contribution in [0.25, 0.3) is 4.91 Å². The predicted molar refractivity (Wildman–Crippen MR) is 126 cm³/mol. The maximum absolute atomic E-state index is 13.2. The van der Waals surface area contributed by atoms with Gasteiger partial charge >= 0.3 is 0 Å². The molecule has 1 heterocycles. The third-order valence-corrected chi connectivity index (χ3v) is 7.06. The van der Waals surface area contributed by atoms with Crippen molar-refractivity contribution >= 4 is 51.3 Å². The van der Waals surface area contributed by atoms with Gasteiger partial charge in [0.15, 0.2) is 0 Å². The number of hydrogen-bond acceptors (Lipinski definition) is 4. The van der Waals surface area contributed by atoms with E-state index in [-0.39, 0.29) is 5.78 Å². The lowest BCUT2D eigenvalue weighted by Crippen LogP contribution is -2.00. The van der Waals surface area contributed by atoms with E-state index >= 15 is 0 Å². The highest BCUT2D eigenvalue weighted by Gasteiger charge is 2.28. The normalized spacial score (nSPS) is 15.1. The Bertz CT molecular complexity index is 1070. The van der Waals surface area contributed by atoms with E-state index in [1.54, 1.807) is 11.8 Å². The molecule has 28 heavy (non-hydrogen) atoms. The maximum Gasteiger partial charge on any atom is 0.200 e. The van der Waals surface area contributed by atoms with Crippen LogP contribution in [0, 0.1) is 0 Å². The van der Waals surface area contributed by atoms with E-state index in [2.05, 4.69) is 0 Å². The largest absolute Gasteiger partial charge is 0.288 e. The maximum atomic E-state index is 13.2. The first-order chi connectivity index (χ1) is 13.7. The molecule has 1 aliphatic heterocycles. The lowest BCUT2D eigenvalue weighted by atomic mass is 10.1. The first-order valence-electron chi connectivity index (χ1n) is 8.78. The third kappa shape index (κ3) is 4.20. The summed E-state index contributed by atoms with van der Waals surface area (Å²) in [6, 6.07) is 29.4. The second kappa shape index (κ2) is 8.74. The number of benzene rings is 3. The molecular formula is C24H16OS3. The number of ketones is 1. The zero-order chi connectivity index (χ0) is 19.3. The minimum atomic E-state index is 0.0472. The summed E-state index contributed by atoms with van der Waals surface area (Å²) in [5, 5.41) is 0. The molecule has 0 spiro atoms. The van der Waals surface area contributed by atoms with Gasteiger partial charge in [-0.15, -0.1) is 0 Å². The van der Waals surface area contributed by atoms with Crippen molar-refractivity contribution in [1.82, 2.24) is 0 Å². The van der Waals surface area contributed by atoms with Gasteiger partial charge in [0.25, 0.3) is 0 Å². The van der Waals surface area contributed by atoms with E-state index in [1.807, 2.05) is 97.1 Å². The molecule has 0 saturated carbocycles. The summed E-state index contributed by atoms with van der Waals surface area (Å²) in [5.41, 5.74) is 2.76. The molecule has 1 nitrogen and oxygen atoms in total. The highest BCUT2D eigenvalue weighted by Crippen LogP contribution is 2.54. The molecule has 3 aromatic carbocycles. The molecule has 0 radical (unpaired) electrons. The summed E-state index contributed by atoms with van der Waals surface area (Å²) in [5.74, 6) is 0.0472. The molecule has 136 valence electrons. The smallest absolute Gasteiger partial charge is 0.200 e. The van der Waals surface area contributed by atoms with Crippen molar-refractivity contribution in [2.45, 2.75) is 0 Å². The van der Waals surface area contributed by atoms with Crippen LogP contribution in [0.3, 0.4) is 0 Å². The molecule has 0 saturated heterocycles. The Labute approximate surface area is 178 Å². The second-order valence-electron chi connectivity index (χ2n) is 6.12. The number of thioether (sulfide) groups is 2. The van der Waals surface area contributed by atoms with Crippen molar-refractivity contribution < 1.29 is 4.79 Å². The fourth-order valence-electron chi connectivity index (χ4n) is 2.82. The van der Waals surface area contributed by atoms with Gasteiger partial charge in [0.2, 0.25) is 5.78 Å². The third-order valence-electron chi connectivity index (χ3n) is 4.20. The van der Waals surface area contributed by atoms with Crippen LogP contribution in [0.15, 0.2) is 106 Å². The number of hydrogen-bond donors (Lipinski definition) is 0. The molecule has 4 heteroatoms. The summed E-state index contributed by atoms with van der Waals surface area (Å²) < 4.78 is 1.02. The van der Waals surface area contributed by atoms with Gasteiger partial charge in [-0.1, -0.05) is 127 Å². The first-order valence-corrected chi connectivity index (χ1v) is 10.8. The molecule has 1 aliphatic rings. The molecule has 0 amide bonds. The minimum Gasteiger partial charge on any atom is -0.288 e. The standard InChI is InChI=1S/C24H16OS3/c25-22(18-12-6-2-7-13-18)24-23(19-14-8-3-9-15-19)27-21(28-24)16-20(26)17-10-4-1-5-11-17/h1-16H. The van der Waals surface area contributed by atoms with Crippen LogP contribution in [-0.2, 0) is 0 Å². The number of rotatable bonds is 5. The van der Waals surface area contributed by atoms with Crippen LogP contribution < -0.4 is 0 Å². The summed E-state index contributed by atoms with van der Waals surface area (Å²) >= 11 is 8.72. The van der Waals surface area contributed by atoms with Crippen LogP contribution in [-0.4, -0.2) is 10.6 Å². The van der Waals surface area contributed by atoms with Gasteiger partial charge in [-0.25, -0.2) is 0 Å². The molecule has 0 fully saturated rings. The minimum absolute atomic E-state index is 0.0472. The predicted octanol–water partition coefficient (Wildman–Crippen LogP) is 6.98. The Balaban J connectivity index is 1.69. The SMILES string of the molecule is O=C(C1=C(c2ccccc2)SC(=CC(=S)c2ccccc2)S1)c1ccccc1. The number of thiocarbonyl (C=S) groups is 1. The highest BCUT2D eigenvalue weighted by molar-refractivity contribution is 8.32. The quantitative estimate of drug-likeness (QED) is 0.253. The average Bonchev–Trinajstić information content (AvgIpc) is 3.19. The van der Waals surface area contributed by atoms with Crippen molar-refractivity contribution in [2.75, 3.05) is 0 Å². The van der Waals surface area contributed by atoms with Crippen molar-refractivity contribution in [1.29, 1.82) is 0 Å². The molecule has 0 N–H and O–H groups in total. The summed E-state index contributed by atoms with van der Waals surface area (Å²) in [6.07, 6.45) is 1.99. The van der Waals surface area contributed by atoms with Crippen molar-refractivity contribution in [3.05, 3.63) is 123 Å². The van der Waals surface area contributed by atoms with Gasteiger partial charge in [0.05, 0.1) is 9.14 Å². The lowest BCUT2D eigenvalue weighted by molar-refractivity contribution is 0.104. The fourth-order valence-corrected chi connectivity index (χ4v) is 5.75. The van der Waals surface area contributed by atoms with E-state index in [0.29, 0.717) is 5.56 Å². The zero-order valence-electron chi connectivity index (χ0n) is 14.9.